The van der Waals surface area contributed by atoms with Crippen molar-refractivity contribution in [2.75, 3.05) is 10.0 Å². The van der Waals surface area contributed by atoms with E-state index in [0.29, 0.717) is 17.1 Å². The Morgan fingerprint density at radius 1 is 1.00 bits per heavy atom. The Labute approximate surface area is 198 Å². The topological polar surface area (TPSA) is 114 Å². The number of para-hydroxylation sites is 1. The number of benzene rings is 2. The van der Waals surface area contributed by atoms with Crippen LogP contribution in [0.5, 0.6) is 0 Å². The molecule has 1 fully saturated rings. The molecule has 0 atom stereocenters. The normalized spacial score (nSPS) is 14.5. The lowest BCUT2D eigenvalue weighted by Crippen LogP contribution is -2.39. The molecule has 180 valence electrons. The average Bonchev–Trinajstić information content (AvgIpc) is 3.03. The lowest BCUT2D eigenvalue weighted by atomic mass is 9.96. The average molecular weight is 484 g/mol. The van der Waals surface area contributed by atoms with E-state index < -0.39 is 15.6 Å². The molecule has 1 aliphatic carbocycles. The van der Waals surface area contributed by atoms with E-state index in [0.717, 1.165) is 25.7 Å². The second-order valence-electron chi connectivity index (χ2n) is 8.50. The van der Waals surface area contributed by atoms with Crippen LogP contribution in [-0.2, 0) is 17.1 Å². The molecule has 0 saturated heterocycles. The highest BCUT2D eigenvalue weighted by Gasteiger charge is 2.23. The van der Waals surface area contributed by atoms with Gasteiger partial charge in [-0.15, -0.1) is 0 Å². The second kappa shape index (κ2) is 9.76. The number of carbonyl (C=O) groups excluding carboxylic acids is 1. The minimum Gasteiger partial charge on any atom is -0.335 e. The van der Waals surface area contributed by atoms with Gasteiger partial charge in [-0.2, -0.15) is 0 Å². The molecule has 1 aromatic heterocycles. The van der Waals surface area contributed by atoms with Crippen molar-refractivity contribution in [3.8, 4) is 5.69 Å². The summed E-state index contributed by atoms with van der Waals surface area (Å²) in [7, 11) is -2.39. The predicted octanol–water partition coefficient (Wildman–Crippen LogP) is 3.74. The standard InChI is InChI=1S/C24H29N5O4S/c1-17-22(23(30)29(28(17)2)20-13-7-4-8-14-20)27-34(32,33)21-15-9-12-19(16-21)26-24(31)25-18-10-5-3-6-11-18/h4,7-9,12-16,18,27H,3,5-6,10-11H2,1-2H3,(H2,25,26,31). The van der Waals surface area contributed by atoms with Gasteiger partial charge in [-0.1, -0.05) is 43.5 Å². The molecule has 0 aliphatic heterocycles. The number of amides is 2. The Balaban J connectivity index is 1.54. The van der Waals surface area contributed by atoms with Gasteiger partial charge in [0.1, 0.15) is 5.69 Å². The third-order valence-corrected chi connectivity index (χ3v) is 7.48. The Bertz CT molecular complexity index is 1340. The van der Waals surface area contributed by atoms with E-state index in [2.05, 4.69) is 15.4 Å². The maximum absolute atomic E-state index is 13.1. The maximum Gasteiger partial charge on any atom is 0.319 e. The van der Waals surface area contributed by atoms with Crippen LogP contribution in [0.1, 0.15) is 37.8 Å². The first-order valence-corrected chi connectivity index (χ1v) is 12.8. The molecule has 2 amide bonds. The molecule has 1 heterocycles. The number of rotatable bonds is 6. The summed E-state index contributed by atoms with van der Waals surface area (Å²) < 4.78 is 31.7. The molecule has 3 aromatic rings. The van der Waals surface area contributed by atoms with Gasteiger partial charge in [-0.05, 0) is 50.1 Å². The number of hydrogen-bond acceptors (Lipinski definition) is 4. The minimum atomic E-state index is -4.08. The molecule has 0 radical (unpaired) electrons. The fourth-order valence-electron chi connectivity index (χ4n) is 4.22. The van der Waals surface area contributed by atoms with Crippen LogP contribution in [0.3, 0.4) is 0 Å². The fraction of sp³-hybridized carbons (Fsp3) is 0.333. The van der Waals surface area contributed by atoms with Crippen LogP contribution in [-0.4, -0.2) is 29.9 Å². The fourth-order valence-corrected chi connectivity index (χ4v) is 5.38. The highest BCUT2D eigenvalue weighted by atomic mass is 32.2. The zero-order valence-electron chi connectivity index (χ0n) is 19.2. The molecule has 1 aliphatic rings. The van der Waals surface area contributed by atoms with Crippen molar-refractivity contribution >= 4 is 27.4 Å². The van der Waals surface area contributed by atoms with E-state index in [1.165, 1.54) is 23.2 Å². The summed E-state index contributed by atoms with van der Waals surface area (Å²) in [6, 6.07) is 14.7. The summed E-state index contributed by atoms with van der Waals surface area (Å²) in [5, 5.41) is 5.65. The van der Waals surface area contributed by atoms with Crippen molar-refractivity contribution in [3.05, 3.63) is 70.6 Å². The lowest BCUT2D eigenvalue weighted by Gasteiger charge is -2.22. The first-order chi connectivity index (χ1) is 16.3. The lowest BCUT2D eigenvalue weighted by molar-refractivity contribution is 0.244. The van der Waals surface area contributed by atoms with Crippen molar-refractivity contribution in [3.63, 3.8) is 0 Å². The van der Waals surface area contributed by atoms with Crippen molar-refractivity contribution in [1.29, 1.82) is 0 Å². The van der Waals surface area contributed by atoms with Crippen molar-refractivity contribution < 1.29 is 13.2 Å². The van der Waals surface area contributed by atoms with Crippen LogP contribution in [0.15, 0.2) is 64.3 Å². The van der Waals surface area contributed by atoms with Crippen LogP contribution in [0, 0.1) is 6.92 Å². The summed E-state index contributed by atoms with van der Waals surface area (Å²) in [6.45, 7) is 1.67. The monoisotopic (exact) mass is 483 g/mol. The molecule has 1 saturated carbocycles. The van der Waals surface area contributed by atoms with Crippen molar-refractivity contribution in [1.82, 2.24) is 14.7 Å². The second-order valence-corrected chi connectivity index (χ2v) is 10.2. The van der Waals surface area contributed by atoms with E-state index in [1.54, 1.807) is 55.1 Å². The SMILES string of the molecule is Cc1c(NS(=O)(=O)c2cccc(NC(=O)NC3CCCCC3)c2)c(=O)n(-c2ccccc2)n1C. The summed E-state index contributed by atoms with van der Waals surface area (Å²) in [5.41, 5.74) is 0.940. The van der Waals surface area contributed by atoms with Gasteiger partial charge >= 0.3 is 6.03 Å². The molecule has 4 rings (SSSR count). The van der Waals surface area contributed by atoms with Gasteiger partial charge in [0.2, 0.25) is 0 Å². The van der Waals surface area contributed by atoms with Crippen molar-refractivity contribution in [2.45, 2.75) is 50.0 Å². The summed E-state index contributed by atoms with van der Waals surface area (Å²) >= 11 is 0. The third-order valence-electron chi connectivity index (χ3n) is 6.13. The maximum atomic E-state index is 13.1. The molecule has 34 heavy (non-hydrogen) atoms. The van der Waals surface area contributed by atoms with E-state index in [4.69, 9.17) is 0 Å². The van der Waals surface area contributed by atoms with Crippen LogP contribution >= 0.6 is 0 Å². The van der Waals surface area contributed by atoms with Crippen molar-refractivity contribution in [2.24, 2.45) is 7.05 Å². The molecule has 0 unspecified atom stereocenters. The summed E-state index contributed by atoms with van der Waals surface area (Å²) in [4.78, 5) is 25.4. The molecule has 0 spiro atoms. The van der Waals surface area contributed by atoms with E-state index in [9.17, 15) is 18.0 Å². The van der Waals surface area contributed by atoms with E-state index in [-0.39, 0.29) is 22.7 Å². The van der Waals surface area contributed by atoms with E-state index >= 15 is 0 Å². The quantitative estimate of drug-likeness (QED) is 0.495. The number of anilines is 2. The summed E-state index contributed by atoms with van der Waals surface area (Å²) in [6.07, 6.45) is 5.26. The molecule has 9 nitrogen and oxygen atoms in total. The highest BCUT2D eigenvalue weighted by molar-refractivity contribution is 7.92. The van der Waals surface area contributed by atoms with Crippen LogP contribution in [0.2, 0.25) is 0 Å². The van der Waals surface area contributed by atoms with Crippen LogP contribution in [0.4, 0.5) is 16.2 Å². The van der Waals surface area contributed by atoms with Gasteiger partial charge in [0.15, 0.2) is 0 Å². The van der Waals surface area contributed by atoms with Gasteiger partial charge in [0.25, 0.3) is 15.6 Å². The molecule has 10 heteroatoms. The van der Waals surface area contributed by atoms with Gasteiger partial charge in [0.05, 0.1) is 16.3 Å². The van der Waals surface area contributed by atoms with Crippen LogP contribution < -0.4 is 20.9 Å². The number of nitrogens with zero attached hydrogens (tertiary/aromatic N) is 2. The number of aromatic nitrogens is 2. The van der Waals surface area contributed by atoms with E-state index in [1.807, 2.05) is 6.07 Å². The Morgan fingerprint density at radius 2 is 1.71 bits per heavy atom. The van der Waals surface area contributed by atoms with Gasteiger partial charge < -0.3 is 10.6 Å². The zero-order chi connectivity index (χ0) is 24.3. The number of sulfonamides is 1. The highest BCUT2D eigenvalue weighted by Crippen LogP contribution is 2.22. The number of hydrogen-bond donors (Lipinski definition) is 3. The molecular formula is C24H29N5O4S. The summed E-state index contributed by atoms with van der Waals surface area (Å²) in [5.74, 6) is 0. The Hall–Kier alpha value is -3.53. The van der Waals surface area contributed by atoms with Gasteiger partial charge in [-0.3, -0.25) is 14.2 Å². The molecule has 3 N–H and O–H groups in total. The smallest absolute Gasteiger partial charge is 0.319 e. The van der Waals surface area contributed by atoms with Crippen LogP contribution in [0.25, 0.3) is 5.69 Å². The largest absolute Gasteiger partial charge is 0.335 e. The zero-order valence-corrected chi connectivity index (χ0v) is 20.1. The molecule has 2 aromatic carbocycles. The molecular weight excluding hydrogens is 454 g/mol. The minimum absolute atomic E-state index is 0.0280. The Morgan fingerprint density at radius 3 is 2.41 bits per heavy atom. The third kappa shape index (κ3) is 5.01. The van der Waals surface area contributed by atoms with Gasteiger partial charge in [-0.25, -0.2) is 17.9 Å². The number of nitrogens with one attached hydrogen (secondary N) is 3. The molecule has 0 bridgehead atoms. The van der Waals surface area contributed by atoms with Gasteiger partial charge in [0, 0.05) is 18.8 Å². The predicted molar refractivity (Wildman–Crippen MR) is 132 cm³/mol. The first kappa shape index (κ1) is 23.6. The number of carbonyl (C=O) groups is 1. The first-order valence-electron chi connectivity index (χ1n) is 11.3. The Kier molecular flexibility index (Phi) is 6.78. The number of urea groups is 1.